The number of hydrogen-bond donors (Lipinski definition) is 1. The Morgan fingerprint density at radius 2 is 1.80 bits per heavy atom. The molecule has 1 N–H and O–H groups in total. The number of hydroxylamine groups is 3. The van der Waals surface area contributed by atoms with E-state index in [0.29, 0.717) is 4.74 Å². The lowest BCUT2D eigenvalue weighted by Gasteiger charge is -2.29. The van der Waals surface area contributed by atoms with Crippen molar-refractivity contribution in [2.75, 3.05) is 0 Å². The summed E-state index contributed by atoms with van der Waals surface area (Å²) in [4.78, 5) is 10.6. The van der Waals surface area contributed by atoms with Gasteiger partial charge in [-0.2, -0.15) is 4.74 Å². The molecule has 0 aromatic heterocycles. The second-order valence-electron chi connectivity index (χ2n) is 5.78. The molecule has 20 heavy (non-hydrogen) atoms. The summed E-state index contributed by atoms with van der Waals surface area (Å²) in [5.74, 6) is 0. The Balaban J connectivity index is 2.75. The monoisotopic (exact) mass is 279 g/mol. The lowest BCUT2D eigenvalue weighted by molar-refractivity contribution is -0.580. The van der Waals surface area contributed by atoms with Crippen LogP contribution in [-0.2, 0) is 0 Å². The van der Waals surface area contributed by atoms with Gasteiger partial charge in [-0.25, -0.2) is 0 Å². The van der Waals surface area contributed by atoms with E-state index >= 15 is 0 Å². The normalized spacial score (nSPS) is 21.2. The minimum Gasteiger partial charge on any atom is -0.622 e. The minimum absolute atomic E-state index is 0.150. The van der Waals surface area contributed by atoms with Crippen molar-refractivity contribution in [3.05, 3.63) is 45.2 Å². The maximum Gasteiger partial charge on any atom is 0.283 e. The van der Waals surface area contributed by atoms with E-state index in [2.05, 4.69) is 0 Å². The molecule has 0 amide bonds. The maximum absolute atomic E-state index is 12.5. The molecule has 0 saturated heterocycles. The summed E-state index contributed by atoms with van der Waals surface area (Å²) in [5, 5.41) is 34.8. The van der Waals surface area contributed by atoms with E-state index in [1.165, 1.54) is 12.1 Å². The fourth-order valence-corrected chi connectivity index (χ4v) is 2.66. The zero-order valence-corrected chi connectivity index (χ0v) is 11.8. The van der Waals surface area contributed by atoms with Crippen molar-refractivity contribution < 1.29 is 14.9 Å². The number of rotatable bonds is 2. The highest BCUT2D eigenvalue weighted by Gasteiger charge is 2.58. The summed E-state index contributed by atoms with van der Waals surface area (Å²) in [6.45, 7) is 6.42. The number of benzene rings is 1. The Kier molecular flexibility index (Phi) is 3.07. The molecule has 1 aliphatic heterocycles. The van der Waals surface area contributed by atoms with Gasteiger partial charge in [0.25, 0.3) is 5.69 Å². The zero-order valence-electron chi connectivity index (χ0n) is 11.8. The smallest absolute Gasteiger partial charge is 0.283 e. The highest BCUT2D eigenvalue weighted by Crippen LogP contribution is 2.36. The van der Waals surface area contributed by atoms with Crippen molar-refractivity contribution in [2.45, 2.75) is 38.9 Å². The fraction of sp³-hybridized carbons (Fsp3) is 0.462. The molecule has 0 bridgehead atoms. The Morgan fingerprint density at radius 3 is 2.25 bits per heavy atom. The van der Waals surface area contributed by atoms with Crippen molar-refractivity contribution in [1.29, 1.82) is 0 Å². The van der Waals surface area contributed by atoms with Crippen LogP contribution in [0.5, 0.6) is 0 Å². The Hall–Kier alpha value is -1.99. The molecule has 0 atom stereocenters. The van der Waals surface area contributed by atoms with Crippen molar-refractivity contribution in [3.8, 4) is 0 Å². The molecule has 0 spiro atoms. The number of hydrogen-bond acceptors (Lipinski definition) is 5. The first kappa shape index (κ1) is 14.4. The van der Waals surface area contributed by atoms with Crippen molar-refractivity contribution >= 4 is 11.4 Å². The molecule has 1 aromatic carbocycles. The molecule has 0 unspecified atom stereocenters. The summed E-state index contributed by atoms with van der Waals surface area (Å²) in [5.41, 5.74) is -1.97. The van der Waals surface area contributed by atoms with Crippen molar-refractivity contribution in [2.24, 2.45) is 0 Å². The third-order valence-corrected chi connectivity index (χ3v) is 3.68. The molecule has 1 heterocycles. The van der Waals surface area contributed by atoms with Crippen LogP contribution < -0.4 is 0 Å². The number of nitro benzene ring substituents is 1. The molecule has 108 valence electrons. The van der Waals surface area contributed by atoms with E-state index in [0.717, 1.165) is 5.06 Å². The van der Waals surface area contributed by atoms with Crippen LogP contribution in [0.4, 0.5) is 5.69 Å². The maximum atomic E-state index is 12.5. The Bertz CT molecular complexity index is 607. The summed E-state index contributed by atoms with van der Waals surface area (Å²) >= 11 is 0. The van der Waals surface area contributed by atoms with Gasteiger partial charge >= 0.3 is 0 Å². The first-order valence-electron chi connectivity index (χ1n) is 6.19. The van der Waals surface area contributed by atoms with E-state index in [9.17, 15) is 20.5 Å². The highest BCUT2D eigenvalue weighted by atomic mass is 16.6. The summed E-state index contributed by atoms with van der Waals surface area (Å²) < 4.78 is 0.634. The average Bonchev–Trinajstić information content (AvgIpc) is 2.48. The van der Waals surface area contributed by atoms with Crippen LogP contribution in [0.25, 0.3) is 0 Å². The molecule has 2 rings (SSSR count). The van der Waals surface area contributed by atoms with Crippen LogP contribution in [0, 0.1) is 15.3 Å². The summed E-state index contributed by atoms with van der Waals surface area (Å²) in [6, 6.07) is 6.04. The number of nitro groups is 1. The first-order valence-corrected chi connectivity index (χ1v) is 6.19. The third kappa shape index (κ3) is 1.78. The molecule has 0 radical (unpaired) electrons. The predicted molar refractivity (Wildman–Crippen MR) is 72.6 cm³/mol. The van der Waals surface area contributed by atoms with E-state index < -0.39 is 16.1 Å². The quantitative estimate of drug-likeness (QED) is 0.387. The minimum atomic E-state index is -1.19. The van der Waals surface area contributed by atoms with Gasteiger partial charge in [0, 0.05) is 19.9 Å². The van der Waals surface area contributed by atoms with Gasteiger partial charge < -0.3 is 10.4 Å². The largest absolute Gasteiger partial charge is 0.622 e. The topological polar surface area (TPSA) is 92.7 Å². The van der Waals surface area contributed by atoms with Gasteiger partial charge in [0.15, 0.2) is 0 Å². The van der Waals surface area contributed by atoms with Crippen LogP contribution in [0.1, 0.15) is 33.3 Å². The van der Waals surface area contributed by atoms with Gasteiger partial charge in [0.05, 0.1) is 4.92 Å². The van der Waals surface area contributed by atoms with Gasteiger partial charge in [0.1, 0.15) is 11.1 Å². The number of nitrogens with zero attached hydrogens (tertiary/aromatic N) is 3. The molecular weight excluding hydrogens is 262 g/mol. The van der Waals surface area contributed by atoms with Crippen LogP contribution in [0.15, 0.2) is 24.3 Å². The van der Waals surface area contributed by atoms with E-state index in [-0.39, 0.29) is 17.0 Å². The SMILES string of the molecule is CC1(C)C(c2ccccc2[N+](=O)[O-])=[N+]([O-])C(C)(C)N1O. The molecule has 0 saturated carbocycles. The molecule has 1 aromatic rings. The van der Waals surface area contributed by atoms with Crippen LogP contribution in [0.3, 0.4) is 0 Å². The molecule has 1 aliphatic rings. The van der Waals surface area contributed by atoms with Gasteiger partial charge in [-0.3, -0.25) is 10.1 Å². The van der Waals surface area contributed by atoms with E-state index in [4.69, 9.17) is 0 Å². The van der Waals surface area contributed by atoms with Gasteiger partial charge in [0.2, 0.25) is 11.4 Å². The third-order valence-electron chi connectivity index (χ3n) is 3.68. The Labute approximate surface area is 116 Å². The van der Waals surface area contributed by atoms with Gasteiger partial charge in [-0.15, -0.1) is 5.06 Å². The fourth-order valence-electron chi connectivity index (χ4n) is 2.66. The second kappa shape index (κ2) is 4.26. The van der Waals surface area contributed by atoms with Crippen molar-refractivity contribution in [3.63, 3.8) is 0 Å². The summed E-state index contributed by atoms with van der Waals surface area (Å²) in [7, 11) is 0. The molecule has 0 aliphatic carbocycles. The molecule has 7 nitrogen and oxygen atoms in total. The van der Waals surface area contributed by atoms with Crippen LogP contribution in [-0.4, -0.2) is 36.8 Å². The van der Waals surface area contributed by atoms with Gasteiger partial charge in [-0.05, 0) is 19.9 Å². The lowest BCUT2D eigenvalue weighted by Crippen LogP contribution is -2.51. The van der Waals surface area contributed by atoms with E-state index in [1.54, 1.807) is 39.8 Å². The number of para-hydroxylation sites is 1. The second-order valence-corrected chi connectivity index (χ2v) is 5.78. The van der Waals surface area contributed by atoms with Crippen LogP contribution >= 0.6 is 0 Å². The molecule has 7 heteroatoms. The zero-order chi connectivity index (χ0) is 15.3. The molecule has 0 fully saturated rings. The van der Waals surface area contributed by atoms with Crippen molar-refractivity contribution in [1.82, 2.24) is 5.06 Å². The van der Waals surface area contributed by atoms with Gasteiger partial charge in [-0.1, -0.05) is 12.1 Å². The van der Waals surface area contributed by atoms with Crippen LogP contribution in [0.2, 0.25) is 0 Å². The standard InChI is InChI=1S/C13H17N3O4/c1-12(2)11(14(17)13(3,4)16(12)20)9-7-5-6-8-10(9)15(18)19/h5-8,20H,1-4H3. The average molecular weight is 279 g/mol. The predicted octanol–water partition coefficient (Wildman–Crippen LogP) is 2.11. The molecular formula is C13H17N3O4. The Morgan fingerprint density at radius 1 is 1.25 bits per heavy atom. The first-order chi connectivity index (χ1) is 9.11. The highest BCUT2D eigenvalue weighted by molar-refractivity contribution is 6.07. The summed E-state index contributed by atoms with van der Waals surface area (Å²) in [6.07, 6.45) is 0. The lowest BCUT2D eigenvalue weighted by atomic mass is 9.91. The van der Waals surface area contributed by atoms with E-state index in [1.807, 2.05) is 0 Å².